The lowest BCUT2D eigenvalue weighted by Crippen LogP contribution is -2.29. The molecule has 1 saturated carbocycles. The van der Waals surface area contributed by atoms with Crippen molar-refractivity contribution in [2.75, 3.05) is 6.61 Å². The molecule has 0 aromatic carbocycles. The molecule has 1 rings (SSSR count). The second kappa shape index (κ2) is 6.49. The van der Waals surface area contributed by atoms with Gasteiger partial charge in [0.25, 0.3) is 0 Å². The van der Waals surface area contributed by atoms with Gasteiger partial charge in [0.2, 0.25) is 0 Å². The van der Waals surface area contributed by atoms with Gasteiger partial charge in [-0.05, 0) is 24.7 Å². The largest absolute Gasteiger partial charge is 0.390 e. The van der Waals surface area contributed by atoms with Crippen LogP contribution >= 0.6 is 0 Å². The van der Waals surface area contributed by atoms with Crippen molar-refractivity contribution in [3.8, 4) is 0 Å². The van der Waals surface area contributed by atoms with E-state index in [1.165, 1.54) is 32.1 Å². The Bertz CT molecular complexity index is 168. The van der Waals surface area contributed by atoms with Crippen molar-refractivity contribution in [1.29, 1.82) is 0 Å². The molecule has 0 bridgehead atoms. The van der Waals surface area contributed by atoms with Crippen LogP contribution < -0.4 is 0 Å². The zero-order valence-corrected chi connectivity index (χ0v) is 10.4. The van der Waals surface area contributed by atoms with Crippen LogP contribution in [0.1, 0.15) is 52.9 Å². The smallest absolute Gasteiger partial charge is 0.0796 e. The number of rotatable bonds is 5. The van der Waals surface area contributed by atoms with Crippen molar-refractivity contribution in [2.45, 2.75) is 65.1 Å². The van der Waals surface area contributed by atoms with Crippen LogP contribution in [-0.4, -0.2) is 23.9 Å². The summed E-state index contributed by atoms with van der Waals surface area (Å²) in [5.41, 5.74) is 0. The molecule has 0 saturated heterocycles. The van der Waals surface area contributed by atoms with Gasteiger partial charge in [-0.3, -0.25) is 0 Å². The predicted octanol–water partition coefficient (Wildman–Crippen LogP) is 2.99. The van der Waals surface area contributed by atoms with Crippen molar-refractivity contribution in [3.05, 3.63) is 0 Å². The topological polar surface area (TPSA) is 29.5 Å². The summed E-state index contributed by atoms with van der Waals surface area (Å²) in [7, 11) is 0. The summed E-state index contributed by atoms with van der Waals surface area (Å²) in [5, 5.41) is 9.66. The van der Waals surface area contributed by atoms with Crippen molar-refractivity contribution >= 4 is 0 Å². The van der Waals surface area contributed by atoms with E-state index >= 15 is 0 Å². The molecule has 0 heterocycles. The Morgan fingerprint density at radius 2 is 2.07 bits per heavy atom. The molecule has 0 radical (unpaired) electrons. The van der Waals surface area contributed by atoms with Crippen LogP contribution in [0.3, 0.4) is 0 Å². The van der Waals surface area contributed by atoms with Crippen LogP contribution in [0.25, 0.3) is 0 Å². The predicted molar refractivity (Wildman–Crippen MR) is 62.8 cm³/mol. The Kier molecular flexibility index (Phi) is 5.62. The van der Waals surface area contributed by atoms with E-state index in [9.17, 15) is 5.11 Å². The zero-order chi connectivity index (χ0) is 11.3. The third-order valence-electron chi connectivity index (χ3n) is 3.58. The molecule has 1 fully saturated rings. The lowest BCUT2D eigenvalue weighted by Gasteiger charge is -2.29. The minimum Gasteiger partial charge on any atom is -0.390 e. The molecular formula is C13H26O2. The molecule has 1 aliphatic rings. The van der Waals surface area contributed by atoms with Gasteiger partial charge in [-0.25, -0.2) is 0 Å². The van der Waals surface area contributed by atoms with E-state index in [-0.39, 0.29) is 6.10 Å². The fraction of sp³-hybridized carbons (Fsp3) is 1.00. The molecule has 2 heteroatoms. The molecule has 15 heavy (non-hydrogen) atoms. The Morgan fingerprint density at radius 1 is 1.33 bits per heavy atom. The van der Waals surface area contributed by atoms with Gasteiger partial charge in [0.05, 0.1) is 18.8 Å². The SMILES string of the molecule is CCC1CCCC(OCC(O)C(C)C)C1. The monoisotopic (exact) mass is 214 g/mol. The summed E-state index contributed by atoms with van der Waals surface area (Å²) in [6.07, 6.45) is 6.41. The Hall–Kier alpha value is -0.0800. The third kappa shape index (κ3) is 4.52. The van der Waals surface area contributed by atoms with E-state index < -0.39 is 0 Å². The average Bonchev–Trinajstić information content (AvgIpc) is 2.26. The third-order valence-corrected chi connectivity index (χ3v) is 3.58. The first-order chi connectivity index (χ1) is 7.13. The number of hydrogen-bond acceptors (Lipinski definition) is 2. The number of aliphatic hydroxyl groups is 1. The molecule has 0 aromatic heterocycles. The fourth-order valence-electron chi connectivity index (χ4n) is 2.19. The quantitative estimate of drug-likeness (QED) is 0.762. The molecule has 0 aliphatic heterocycles. The molecule has 0 spiro atoms. The molecular weight excluding hydrogens is 188 g/mol. The van der Waals surface area contributed by atoms with Crippen molar-refractivity contribution in [1.82, 2.24) is 0 Å². The van der Waals surface area contributed by atoms with Crippen LogP contribution in [0.5, 0.6) is 0 Å². The maximum atomic E-state index is 9.66. The van der Waals surface area contributed by atoms with E-state index in [0.29, 0.717) is 18.6 Å². The minimum absolute atomic E-state index is 0.299. The molecule has 3 atom stereocenters. The lowest BCUT2D eigenvalue weighted by atomic mass is 9.85. The van der Waals surface area contributed by atoms with Crippen LogP contribution in [0.2, 0.25) is 0 Å². The van der Waals surface area contributed by atoms with Crippen LogP contribution in [0, 0.1) is 11.8 Å². The van der Waals surface area contributed by atoms with E-state index in [4.69, 9.17) is 4.74 Å². The Morgan fingerprint density at radius 3 is 2.67 bits per heavy atom. The Balaban J connectivity index is 2.20. The summed E-state index contributed by atoms with van der Waals surface area (Å²) in [6.45, 7) is 6.84. The summed E-state index contributed by atoms with van der Waals surface area (Å²) >= 11 is 0. The van der Waals surface area contributed by atoms with E-state index in [1.807, 2.05) is 13.8 Å². The molecule has 90 valence electrons. The maximum absolute atomic E-state index is 9.66. The number of ether oxygens (including phenoxy) is 1. The van der Waals surface area contributed by atoms with Crippen LogP contribution in [-0.2, 0) is 4.74 Å². The maximum Gasteiger partial charge on any atom is 0.0796 e. The molecule has 0 aromatic rings. The van der Waals surface area contributed by atoms with Crippen LogP contribution in [0.4, 0.5) is 0 Å². The second-order valence-corrected chi connectivity index (χ2v) is 5.21. The lowest BCUT2D eigenvalue weighted by molar-refractivity contribution is -0.0454. The highest BCUT2D eigenvalue weighted by Gasteiger charge is 2.22. The summed E-state index contributed by atoms with van der Waals surface area (Å²) < 4.78 is 5.79. The molecule has 0 amide bonds. The first-order valence-corrected chi connectivity index (χ1v) is 6.43. The van der Waals surface area contributed by atoms with Gasteiger partial charge in [-0.1, -0.05) is 40.0 Å². The molecule has 3 unspecified atom stereocenters. The van der Waals surface area contributed by atoms with Gasteiger partial charge < -0.3 is 9.84 Å². The summed E-state index contributed by atoms with van der Waals surface area (Å²) in [6, 6.07) is 0. The number of hydrogen-bond donors (Lipinski definition) is 1. The first kappa shape index (κ1) is 13.0. The molecule has 2 nitrogen and oxygen atoms in total. The highest BCUT2D eigenvalue weighted by molar-refractivity contribution is 4.73. The van der Waals surface area contributed by atoms with E-state index in [0.717, 1.165) is 5.92 Å². The highest BCUT2D eigenvalue weighted by atomic mass is 16.5. The Labute approximate surface area is 94.0 Å². The zero-order valence-electron chi connectivity index (χ0n) is 10.4. The summed E-state index contributed by atoms with van der Waals surface area (Å²) in [5.74, 6) is 1.15. The normalized spacial score (nSPS) is 29.4. The van der Waals surface area contributed by atoms with Gasteiger partial charge in [-0.2, -0.15) is 0 Å². The van der Waals surface area contributed by atoms with Crippen molar-refractivity contribution < 1.29 is 9.84 Å². The van der Waals surface area contributed by atoms with Gasteiger partial charge >= 0.3 is 0 Å². The van der Waals surface area contributed by atoms with Crippen molar-refractivity contribution in [3.63, 3.8) is 0 Å². The van der Waals surface area contributed by atoms with Gasteiger partial charge in [0.15, 0.2) is 0 Å². The van der Waals surface area contributed by atoms with Gasteiger partial charge in [0, 0.05) is 0 Å². The van der Waals surface area contributed by atoms with Gasteiger partial charge in [-0.15, -0.1) is 0 Å². The first-order valence-electron chi connectivity index (χ1n) is 6.43. The second-order valence-electron chi connectivity index (χ2n) is 5.21. The average molecular weight is 214 g/mol. The van der Waals surface area contributed by atoms with Gasteiger partial charge in [0.1, 0.15) is 0 Å². The highest BCUT2D eigenvalue weighted by Crippen LogP contribution is 2.28. The minimum atomic E-state index is -0.299. The molecule has 1 N–H and O–H groups in total. The van der Waals surface area contributed by atoms with Crippen LogP contribution in [0.15, 0.2) is 0 Å². The fourth-order valence-corrected chi connectivity index (χ4v) is 2.19. The van der Waals surface area contributed by atoms with E-state index in [1.54, 1.807) is 0 Å². The standard InChI is InChI=1S/C13H26O2/c1-4-11-6-5-7-12(8-11)15-9-13(14)10(2)3/h10-14H,4-9H2,1-3H3. The molecule has 1 aliphatic carbocycles. The van der Waals surface area contributed by atoms with E-state index in [2.05, 4.69) is 6.92 Å². The summed E-state index contributed by atoms with van der Waals surface area (Å²) in [4.78, 5) is 0. The number of aliphatic hydroxyl groups excluding tert-OH is 1. The van der Waals surface area contributed by atoms with Crippen molar-refractivity contribution in [2.24, 2.45) is 11.8 Å².